The van der Waals surface area contributed by atoms with Gasteiger partial charge in [0.15, 0.2) is 0 Å². The molecule has 0 aromatic rings. The molecule has 0 aromatic heterocycles. The minimum absolute atomic E-state index is 0.0239. The fraction of sp³-hybridized carbons (Fsp3) is 0.875. The highest BCUT2D eigenvalue weighted by Gasteiger charge is 2.42. The Hall–Kier alpha value is -0.780. The van der Waals surface area contributed by atoms with Crippen molar-refractivity contribution in [1.82, 2.24) is 0 Å². The van der Waals surface area contributed by atoms with Crippen LogP contribution in [0.3, 0.4) is 0 Å². The van der Waals surface area contributed by atoms with Crippen LogP contribution in [0.15, 0.2) is 0 Å². The Balaban J connectivity index is 2.35. The van der Waals surface area contributed by atoms with Gasteiger partial charge in [0.1, 0.15) is 6.10 Å². The molecule has 14 heavy (non-hydrogen) atoms. The summed E-state index contributed by atoms with van der Waals surface area (Å²) in [5.74, 6) is -2.10. The lowest BCUT2D eigenvalue weighted by molar-refractivity contribution is -0.206. The molecule has 0 aliphatic heterocycles. The normalized spacial score (nSPS) is 28.6. The molecule has 0 unspecified atom stereocenters. The van der Waals surface area contributed by atoms with Crippen molar-refractivity contribution in [3.05, 3.63) is 0 Å². The molecule has 6 heteroatoms. The van der Waals surface area contributed by atoms with Crippen molar-refractivity contribution in [3.63, 3.8) is 0 Å². The minimum atomic E-state index is -4.89. The van der Waals surface area contributed by atoms with E-state index in [-0.39, 0.29) is 6.04 Å². The predicted octanol–water partition coefficient (Wildman–Crippen LogP) is 1.36. The van der Waals surface area contributed by atoms with Gasteiger partial charge in [-0.05, 0) is 25.7 Å². The Labute approximate surface area is 79.4 Å². The Morgan fingerprint density at radius 1 is 1.21 bits per heavy atom. The van der Waals surface area contributed by atoms with E-state index in [4.69, 9.17) is 5.73 Å². The van der Waals surface area contributed by atoms with E-state index in [1.54, 1.807) is 0 Å². The number of alkyl halides is 3. The number of ether oxygens (including phenoxy) is 1. The van der Waals surface area contributed by atoms with E-state index >= 15 is 0 Å². The molecule has 0 radical (unpaired) electrons. The molecule has 0 heterocycles. The minimum Gasteiger partial charge on any atom is -0.456 e. The van der Waals surface area contributed by atoms with Crippen LogP contribution in [-0.4, -0.2) is 24.3 Å². The predicted molar refractivity (Wildman–Crippen MR) is 42.4 cm³/mol. The summed E-state index contributed by atoms with van der Waals surface area (Å²) < 4.78 is 39.6. The van der Waals surface area contributed by atoms with Crippen molar-refractivity contribution in [2.24, 2.45) is 5.73 Å². The van der Waals surface area contributed by atoms with Crippen LogP contribution in [0, 0.1) is 0 Å². The van der Waals surface area contributed by atoms with Crippen LogP contribution in [0.4, 0.5) is 13.2 Å². The zero-order chi connectivity index (χ0) is 10.8. The van der Waals surface area contributed by atoms with Crippen molar-refractivity contribution < 1.29 is 22.7 Å². The molecule has 1 fully saturated rings. The fourth-order valence-electron chi connectivity index (χ4n) is 1.42. The number of carbonyl (C=O) groups is 1. The Morgan fingerprint density at radius 2 is 1.71 bits per heavy atom. The van der Waals surface area contributed by atoms with Crippen LogP contribution in [-0.2, 0) is 9.53 Å². The van der Waals surface area contributed by atoms with Gasteiger partial charge in [0, 0.05) is 6.04 Å². The lowest BCUT2D eigenvalue weighted by Crippen LogP contribution is -2.35. The van der Waals surface area contributed by atoms with Crippen molar-refractivity contribution in [2.75, 3.05) is 0 Å². The van der Waals surface area contributed by atoms with E-state index in [0.717, 1.165) is 0 Å². The lowest BCUT2D eigenvalue weighted by atomic mass is 9.94. The molecule has 1 saturated carbocycles. The third-order valence-electron chi connectivity index (χ3n) is 2.22. The van der Waals surface area contributed by atoms with Gasteiger partial charge in [-0.15, -0.1) is 0 Å². The lowest BCUT2D eigenvalue weighted by Gasteiger charge is -2.26. The van der Waals surface area contributed by atoms with Gasteiger partial charge >= 0.3 is 12.1 Å². The van der Waals surface area contributed by atoms with Gasteiger partial charge in [-0.3, -0.25) is 0 Å². The topological polar surface area (TPSA) is 52.3 Å². The summed E-state index contributed by atoms with van der Waals surface area (Å²) in [6.07, 6.45) is -3.46. The van der Waals surface area contributed by atoms with Crippen molar-refractivity contribution in [1.29, 1.82) is 0 Å². The first-order valence-corrected chi connectivity index (χ1v) is 4.43. The van der Waals surface area contributed by atoms with Gasteiger partial charge in [0.2, 0.25) is 0 Å². The van der Waals surface area contributed by atoms with Crippen LogP contribution in [0.25, 0.3) is 0 Å². The standard InChI is InChI=1S/C8H12F3NO2/c9-8(10,11)7(13)14-6-3-1-5(12)2-4-6/h5-6H,1-4,12H2/t5-,6+. The summed E-state index contributed by atoms with van der Waals surface area (Å²) in [6, 6.07) is 0.0239. The molecule has 0 saturated heterocycles. The highest BCUT2D eigenvalue weighted by molar-refractivity contribution is 5.75. The molecule has 2 N–H and O–H groups in total. The van der Waals surface area contributed by atoms with Gasteiger partial charge in [-0.2, -0.15) is 13.2 Å². The summed E-state index contributed by atoms with van der Waals surface area (Å²) in [4.78, 5) is 10.4. The van der Waals surface area contributed by atoms with Crippen molar-refractivity contribution in [2.45, 2.75) is 44.0 Å². The molecular formula is C8H12F3NO2. The van der Waals surface area contributed by atoms with E-state index < -0.39 is 18.2 Å². The van der Waals surface area contributed by atoms with E-state index in [1.165, 1.54) is 0 Å². The van der Waals surface area contributed by atoms with Crippen molar-refractivity contribution >= 4 is 5.97 Å². The smallest absolute Gasteiger partial charge is 0.456 e. The molecular weight excluding hydrogens is 199 g/mol. The summed E-state index contributed by atoms with van der Waals surface area (Å²) in [7, 11) is 0. The van der Waals surface area contributed by atoms with Gasteiger partial charge in [-0.25, -0.2) is 4.79 Å². The average Bonchev–Trinajstić information content (AvgIpc) is 2.07. The second kappa shape index (κ2) is 4.16. The summed E-state index contributed by atoms with van der Waals surface area (Å²) in [6.45, 7) is 0. The third kappa shape index (κ3) is 3.17. The highest BCUT2D eigenvalue weighted by atomic mass is 19.4. The average molecular weight is 211 g/mol. The maximum absolute atomic E-state index is 11.8. The maximum Gasteiger partial charge on any atom is 0.490 e. The first-order chi connectivity index (χ1) is 6.39. The van der Waals surface area contributed by atoms with Crippen LogP contribution < -0.4 is 5.73 Å². The molecule has 0 aromatic carbocycles. The molecule has 1 rings (SSSR count). The molecule has 0 spiro atoms. The van der Waals surface area contributed by atoms with Gasteiger partial charge < -0.3 is 10.5 Å². The van der Waals surface area contributed by atoms with Crippen LogP contribution in [0.1, 0.15) is 25.7 Å². The van der Waals surface area contributed by atoms with Gasteiger partial charge in [0.05, 0.1) is 0 Å². The molecule has 1 aliphatic carbocycles. The van der Waals surface area contributed by atoms with Crippen LogP contribution in [0.5, 0.6) is 0 Å². The van der Waals surface area contributed by atoms with Gasteiger partial charge in [-0.1, -0.05) is 0 Å². The zero-order valence-corrected chi connectivity index (χ0v) is 7.51. The summed E-state index contributed by atoms with van der Waals surface area (Å²) in [5.41, 5.74) is 5.55. The summed E-state index contributed by atoms with van der Waals surface area (Å²) in [5, 5.41) is 0. The molecule has 3 nitrogen and oxygen atoms in total. The van der Waals surface area contributed by atoms with E-state index in [1.807, 2.05) is 0 Å². The molecule has 0 bridgehead atoms. The van der Waals surface area contributed by atoms with Crippen LogP contribution in [0.2, 0.25) is 0 Å². The Morgan fingerprint density at radius 3 is 2.14 bits per heavy atom. The quantitative estimate of drug-likeness (QED) is 0.666. The summed E-state index contributed by atoms with van der Waals surface area (Å²) >= 11 is 0. The number of hydrogen-bond donors (Lipinski definition) is 1. The third-order valence-corrected chi connectivity index (χ3v) is 2.22. The van der Waals surface area contributed by atoms with Crippen LogP contribution >= 0.6 is 0 Å². The monoisotopic (exact) mass is 211 g/mol. The first-order valence-electron chi connectivity index (χ1n) is 4.43. The van der Waals surface area contributed by atoms with Gasteiger partial charge in [0.25, 0.3) is 0 Å². The Bertz CT molecular complexity index is 209. The van der Waals surface area contributed by atoms with Crippen molar-refractivity contribution in [3.8, 4) is 0 Å². The largest absolute Gasteiger partial charge is 0.490 e. The number of halogens is 3. The number of esters is 1. The number of rotatable bonds is 1. The van der Waals surface area contributed by atoms with E-state index in [0.29, 0.717) is 25.7 Å². The Kier molecular flexibility index (Phi) is 3.36. The molecule has 0 atom stereocenters. The second-order valence-corrected chi connectivity index (χ2v) is 3.44. The fourth-order valence-corrected chi connectivity index (χ4v) is 1.42. The van der Waals surface area contributed by atoms with E-state index in [9.17, 15) is 18.0 Å². The first kappa shape index (κ1) is 11.3. The number of nitrogens with two attached hydrogens (primary N) is 1. The zero-order valence-electron chi connectivity index (χ0n) is 7.51. The number of carbonyl (C=O) groups excluding carboxylic acids is 1. The SMILES string of the molecule is N[C@H]1CC[C@@H](OC(=O)C(F)(F)F)CC1. The molecule has 1 aliphatic rings. The second-order valence-electron chi connectivity index (χ2n) is 3.44. The van der Waals surface area contributed by atoms with E-state index in [2.05, 4.69) is 4.74 Å². The number of hydrogen-bond acceptors (Lipinski definition) is 3. The highest BCUT2D eigenvalue weighted by Crippen LogP contribution is 2.24. The molecule has 82 valence electrons. The maximum atomic E-state index is 11.8. The molecule has 0 amide bonds.